The molecule has 2 aliphatic rings. The van der Waals surface area contributed by atoms with E-state index in [0.29, 0.717) is 37.7 Å². The van der Waals surface area contributed by atoms with Gasteiger partial charge in [-0.15, -0.1) is 0 Å². The number of hydrogen-bond donors (Lipinski definition) is 1. The van der Waals surface area contributed by atoms with Crippen molar-refractivity contribution in [3.05, 3.63) is 23.9 Å². The molecule has 1 aliphatic heterocycles. The number of nitrogens with one attached hydrogen (secondary N) is 1. The van der Waals surface area contributed by atoms with Gasteiger partial charge in [0.25, 0.3) is 5.91 Å². The van der Waals surface area contributed by atoms with Crippen molar-refractivity contribution in [2.45, 2.75) is 70.7 Å². The second-order valence-electron chi connectivity index (χ2n) is 8.62. The fourth-order valence-corrected chi connectivity index (χ4v) is 4.24. The summed E-state index contributed by atoms with van der Waals surface area (Å²) < 4.78 is 43.5. The fourth-order valence-electron chi connectivity index (χ4n) is 4.24. The van der Waals surface area contributed by atoms with Crippen LogP contribution in [0.25, 0.3) is 0 Å². The molecule has 0 spiro atoms. The zero-order valence-electron chi connectivity index (χ0n) is 18.0. The summed E-state index contributed by atoms with van der Waals surface area (Å²) >= 11 is 0. The zero-order chi connectivity index (χ0) is 22.6. The number of ether oxygens (including phenoxy) is 1. The maximum Gasteiger partial charge on any atom is 0.417 e. The Balaban J connectivity index is 1.45. The van der Waals surface area contributed by atoms with Gasteiger partial charge in [-0.05, 0) is 50.7 Å². The Morgan fingerprint density at radius 3 is 2.42 bits per heavy atom. The predicted octanol–water partition coefficient (Wildman–Crippen LogP) is 3.94. The summed E-state index contributed by atoms with van der Waals surface area (Å²) in [5.74, 6) is -0.134. The summed E-state index contributed by atoms with van der Waals surface area (Å²) in [7, 11) is 0. The molecule has 2 heterocycles. The van der Waals surface area contributed by atoms with Crippen LogP contribution in [0.3, 0.4) is 0 Å². The highest BCUT2D eigenvalue weighted by molar-refractivity contribution is 5.84. The van der Waals surface area contributed by atoms with Crippen molar-refractivity contribution >= 4 is 17.7 Å². The number of pyridine rings is 1. The Kier molecular flexibility index (Phi) is 7.43. The third-order valence-electron chi connectivity index (χ3n) is 6.33. The summed E-state index contributed by atoms with van der Waals surface area (Å²) in [6.45, 7) is 4.68. The summed E-state index contributed by atoms with van der Waals surface area (Å²) in [6.07, 6.45) is 0.856. The number of hydrogen-bond acceptors (Lipinski definition) is 5. The van der Waals surface area contributed by atoms with Gasteiger partial charge in [-0.1, -0.05) is 19.8 Å². The largest absolute Gasteiger partial charge is 0.452 e. The molecule has 1 aliphatic carbocycles. The lowest BCUT2D eigenvalue weighted by atomic mass is 9.86. The minimum absolute atomic E-state index is 0.127. The van der Waals surface area contributed by atoms with Gasteiger partial charge in [0, 0.05) is 25.3 Å². The lowest BCUT2D eigenvalue weighted by Gasteiger charge is -2.33. The van der Waals surface area contributed by atoms with Gasteiger partial charge in [0.05, 0.1) is 11.5 Å². The van der Waals surface area contributed by atoms with E-state index >= 15 is 0 Å². The maximum absolute atomic E-state index is 12.7. The van der Waals surface area contributed by atoms with Gasteiger partial charge >= 0.3 is 12.1 Å². The monoisotopic (exact) mass is 441 g/mol. The van der Waals surface area contributed by atoms with Crippen molar-refractivity contribution in [2.75, 3.05) is 18.0 Å². The van der Waals surface area contributed by atoms with E-state index in [1.807, 2.05) is 4.90 Å². The summed E-state index contributed by atoms with van der Waals surface area (Å²) in [5, 5.41) is 3.01. The quantitative estimate of drug-likeness (QED) is 0.701. The molecule has 3 atom stereocenters. The second kappa shape index (κ2) is 9.87. The smallest absolute Gasteiger partial charge is 0.417 e. The SMILES string of the molecule is C[C@H](OC(=O)C1CCN(c2ccc(C(F)(F)F)cn2)CC1)C(=O)N[C@@H]1CCCC[C@@H]1C. The van der Waals surface area contributed by atoms with Gasteiger partial charge in [0.2, 0.25) is 0 Å². The van der Waals surface area contributed by atoms with Gasteiger partial charge < -0.3 is 15.0 Å². The van der Waals surface area contributed by atoms with Crippen molar-refractivity contribution in [2.24, 2.45) is 11.8 Å². The predicted molar refractivity (Wildman–Crippen MR) is 109 cm³/mol. The van der Waals surface area contributed by atoms with Crippen LogP contribution in [-0.4, -0.2) is 42.1 Å². The first-order chi connectivity index (χ1) is 14.6. The molecule has 1 saturated carbocycles. The molecule has 0 aromatic carbocycles. The van der Waals surface area contributed by atoms with E-state index in [-0.39, 0.29) is 17.9 Å². The molecule has 9 heteroatoms. The highest BCUT2D eigenvalue weighted by Crippen LogP contribution is 2.30. The molecular weight excluding hydrogens is 411 g/mol. The maximum atomic E-state index is 12.7. The molecule has 0 unspecified atom stereocenters. The summed E-state index contributed by atoms with van der Waals surface area (Å²) in [4.78, 5) is 30.7. The van der Waals surface area contributed by atoms with Gasteiger partial charge in [0.1, 0.15) is 5.82 Å². The van der Waals surface area contributed by atoms with Crippen molar-refractivity contribution in [3.8, 4) is 0 Å². The van der Waals surface area contributed by atoms with Crippen molar-refractivity contribution in [3.63, 3.8) is 0 Å². The molecule has 6 nitrogen and oxygen atoms in total. The van der Waals surface area contributed by atoms with Crippen LogP contribution >= 0.6 is 0 Å². The first-order valence-corrected chi connectivity index (χ1v) is 10.9. The lowest BCUT2D eigenvalue weighted by Crippen LogP contribution is -2.46. The van der Waals surface area contributed by atoms with Crippen LogP contribution in [0.15, 0.2) is 18.3 Å². The van der Waals surface area contributed by atoms with Gasteiger partial charge in [0.15, 0.2) is 6.10 Å². The highest BCUT2D eigenvalue weighted by Gasteiger charge is 2.33. The minimum atomic E-state index is -4.42. The number of aromatic nitrogens is 1. The van der Waals surface area contributed by atoms with E-state index in [1.54, 1.807) is 6.92 Å². The molecule has 2 fully saturated rings. The normalized spacial score (nSPS) is 23.8. The summed E-state index contributed by atoms with van der Waals surface area (Å²) in [6, 6.07) is 2.48. The number of alkyl halides is 3. The number of rotatable bonds is 5. The average molecular weight is 441 g/mol. The Hall–Kier alpha value is -2.32. The summed E-state index contributed by atoms with van der Waals surface area (Å²) in [5.41, 5.74) is -0.787. The number of halogens is 3. The third kappa shape index (κ3) is 6.11. The Bertz CT molecular complexity index is 762. The average Bonchev–Trinajstić information content (AvgIpc) is 2.75. The number of amides is 1. The van der Waals surface area contributed by atoms with Crippen LogP contribution in [0, 0.1) is 11.8 Å². The van der Waals surface area contributed by atoms with Crippen LogP contribution in [0.5, 0.6) is 0 Å². The number of nitrogens with zero attached hydrogens (tertiary/aromatic N) is 2. The van der Waals surface area contributed by atoms with Gasteiger partial charge in [-0.2, -0.15) is 13.2 Å². The van der Waals surface area contributed by atoms with Crippen molar-refractivity contribution in [1.29, 1.82) is 0 Å². The number of carbonyl (C=O) groups excluding carboxylic acids is 2. The molecule has 1 N–H and O–H groups in total. The van der Waals surface area contributed by atoms with Gasteiger partial charge in [-0.25, -0.2) is 4.98 Å². The molecular formula is C22H30F3N3O3. The van der Waals surface area contributed by atoms with E-state index < -0.39 is 23.8 Å². The van der Waals surface area contributed by atoms with E-state index in [1.165, 1.54) is 12.5 Å². The first kappa shape index (κ1) is 23.3. The molecule has 1 aromatic heterocycles. The molecule has 1 aromatic rings. The minimum Gasteiger partial charge on any atom is -0.452 e. The number of esters is 1. The van der Waals surface area contributed by atoms with E-state index in [9.17, 15) is 22.8 Å². The molecule has 0 bridgehead atoms. The molecule has 1 saturated heterocycles. The topological polar surface area (TPSA) is 71.5 Å². The zero-order valence-corrected chi connectivity index (χ0v) is 18.0. The van der Waals surface area contributed by atoms with E-state index in [4.69, 9.17) is 4.74 Å². The van der Waals surface area contributed by atoms with Gasteiger partial charge in [-0.3, -0.25) is 9.59 Å². The molecule has 3 rings (SSSR count). The van der Waals surface area contributed by atoms with Crippen molar-refractivity contribution in [1.82, 2.24) is 10.3 Å². The molecule has 172 valence electrons. The van der Waals surface area contributed by atoms with Crippen LogP contribution < -0.4 is 10.2 Å². The fraction of sp³-hybridized carbons (Fsp3) is 0.682. The van der Waals surface area contributed by atoms with E-state index in [2.05, 4.69) is 17.2 Å². The number of anilines is 1. The number of carbonyl (C=O) groups is 2. The van der Waals surface area contributed by atoms with Crippen LogP contribution in [0.1, 0.15) is 57.9 Å². The standard InChI is InChI=1S/C22H30F3N3O3/c1-14-5-3-4-6-18(14)27-20(29)15(2)31-21(30)16-9-11-28(12-10-16)19-8-7-17(13-26-19)22(23,24)25/h7-8,13-16,18H,3-6,9-12H2,1-2H3,(H,27,29)/t14-,15-,18+/m0/s1. The Morgan fingerprint density at radius 2 is 1.84 bits per heavy atom. The van der Waals surface area contributed by atoms with Crippen LogP contribution in [0.4, 0.5) is 19.0 Å². The molecule has 0 radical (unpaired) electrons. The second-order valence-corrected chi connectivity index (χ2v) is 8.62. The Labute approximate surface area is 180 Å². The van der Waals surface area contributed by atoms with Crippen LogP contribution in [0.2, 0.25) is 0 Å². The van der Waals surface area contributed by atoms with Crippen molar-refractivity contribution < 1.29 is 27.5 Å². The van der Waals surface area contributed by atoms with E-state index in [0.717, 1.165) is 31.5 Å². The first-order valence-electron chi connectivity index (χ1n) is 10.9. The Morgan fingerprint density at radius 1 is 1.16 bits per heavy atom. The lowest BCUT2D eigenvalue weighted by molar-refractivity contribution is -0.159. The third-order valence-corrected chi connectivity index (χ3v) is 6.33. The van der Waals surface area contributed by atoms with Crippen LogP contribution in [-0.2, 0) is 20.5 Å². The highest BCUT2D eigenvalue weighted by atomic mass is 19.4. The molecule has 31 heavy (non-hydrogen) atoms. The number of piperidine rings is 1. The molecule has 1 amide bonds.